The smallest absolute Gasteiger partial charge is 0.118 e. The molecule has 0 N–H and O–H groups in total. The number of rotatable bonds is 0. The highest BCUT2D eigenvalue weighted by Crippen LogP contribution is 2.14. The quantitative estimate of drug-likeness (QED) is 0.450. The molecule has 1 radical (unpaired) electrons. The van der Waals surface area contributed by atoms with Gasteiger partial charge in [0.2, 0.25) is 0 Å². The molecular weight excluding hydrogens is 132 g/mol. The van der Waals surface area contributed by atoms with E-state index in [1.807, 2.05) is 6.42 Å². The monoisotopic (exact) mass is 135 g/mol. The van der Waals surface area contributed by atoms with Gasteiger partial charge in [0.25, 0.3) is 0 Å². The van der Waals surface area contributed by atoms with Gasteiger partial charge in [-0.25, -0.2) is 0 Å². The number of hydrogen-bond donors (Lipinski definition) is 0. The normalized spacial score (nSPS) is 36.6. The zero-order valence-electron chi connectivity index (χ0n) is 2.65. The molecular formula is C3H4BrO. The van der Waals surface area contributed by atoms with Crippen LogP contribution in [0.25, 0.3) is 0 Å². The van der Waals surface area contributed by atoms with Crippen molar-refractivity contribution in [1.82, 2.24) is 0 Å². The lowest BCUT2D eigenvalue weighted by Gasteiger charge is -2.18. The second kappa shape index (κ2) is 1.27. The number of hydrogen-bond acceptors (Lipinski definition) is 1. The van der Waals surface area contributed by atoms with Gasteiger partial charge in [0.15, 0.2) is 0 Å². The Bertz CT molecular complexity index is 33.9. The van der Waals surface area contributed by atoms with Crippen LogP contribution < -0.4 is 0 Å². The topological polar surface area (TPSA) is 9.23 Å². The Kier molecular flexibility index (Phi) is 0.918. The molecule has 0 saturated carbocycles. The van der Waals surface area contributed by atoms with E-state index in [4.69, 9.17) is 4.74 Å². The van der Waals surface area contributed by atoms with Crippen molar-refractivity contribution in [2.24, 2.45) is 0 Å². The summed E-state index contributed by atoms with van der Waals surface area (Å²) in [6.45, 7) is 0.815. The van der Waals surface area contributed by atoms with E-state index >= 15 is 0 Å². The molecule has 0 aliphatic carbocycles. The molecule has 1 heterocycles. The second-order valence-electron chi connectivity index (χ2n) is 0.920. The minimum Gasteiger partial charge on any atom is -0.366 e. The average molecular weight is 136 g/mol. The van der Waals surface area contributed by atoms with E-state index in [1.165, 1.54) is 0 Å². The van der Waals surface area contributed by atoms with Gasteiger partial charge in [0.1, 0.15) is 5.01 Å². The van der Waals surface area contributed by atoms with E-state index in [2.05, 4.69) is 15.9 Å². The van der Waals surface area contributed by atoms with Crippen LogP contribution in [-0.4, -0.2) is 11.6 Å². The molecule has 1 rings (SSSR count). The van der Waals surface area contributed by atoms with Crippen LogP contribution in [0.5, 0.6) is 0 Å². The molecule has 5 heavy (non-hydrogen) atoms. The van der Waals surface area contributed by atoms with Crippen LogP contribution in [0.2, 0.25) is 0 Å². The predicted octanol–water partition coefficient (Wildman–Crippen LogP) is 0.942. The summed E-state index contributed by atoms with van der Waals surface area (Å²) in [5.41, 5.74) is 0. The first-order valence-electron chi connectivity index (χ1n) is 1.48. The molecule has 0 bridgehead atoms. The maximum Gasteiger partial charge on any atom is 0.118 e. The van der Waals surface area contributed by atoms with Gasteiger partial charge in [-0.3, -0.25) is 0 Å². The number of halogens is 1. The second-order valence-corrected chi connectivity index (χ2v) is 1.82. The fourth-order valence-corrected chi connectivity index (χ4v) is 0.474. The fraction of sp³-hybridized carbons (Fsp3) is 0.667. The van der Waals surface area contributed by atoms with Crippen molar-refractivity contribution in [3.63, 3.8) is 0 Å². The molecule has 0 amide bonds. The minimum atomic E-state index is 0.252. The van der Waals surface area contributed by atoms with Crippen LogP contribution in [0.4, 0.5) is 0 Å². The van der Waals surface area contributed by atoms with Crippen LogP contribution >= 0.6 is 15.9 Å². The highest BCUT2D eigenvalue weighted by Gasteiger charge is 2.12. The fourth-order valence-electron chi connectivity index (χ4n) is 0.169. The zero-order chi connectivity index (χ0) is 3.70. The Balaban J connectivity index is 2.08. The minimum absolute atomic E-state index is 0.252. The lowest BCUT2D eigenvalue weighted by molar-refractivity contribution is 0.0749. The summed E-state index contributed by atoms with van der Waals surface area (Å²) < 4.78 is 4.79. The molecule has 1 nitrogen and oxygen atoms in total. The summed E-state index contributed by atoms with van der Waals surface area (Å²) in [6.07, 6.45) is 2.04. The highest BCUT2D eigenvalue weighted by molar-refractivity contribution is 9.09. The summed E-state index contributed by atoms with van der Waals surface area (Å²) >= 11 is 3.18. The Morgan fingerprint density at radius 1 is 2.00 bits per heavy atom. The largest absolute Gasteiger partial charge is 0.366 e. The summed E-state index contributed by atoms with van der Waals surface area (Å²) in [4.78, 5) is 0. The Morgan fingerprint density at radius 3 is 2.40 bits per heavy atom. The molecule has 1 aliphatic rings. The van der Waals surface area contributed by atoms with E-state index in [-0.39, 0.29) is 5.01 Å². The van der Waals surface area contributed by atoms with Crippen molar-refractivity contribution in [3.8, 4) is 0 Å². The summed E-state index contributed by atoms with van der Waals surface area (Å²) in [6, 6.07) is 0. The van der Waals surface area contributed by atoms with E-state index in [0.717, 1.165) is 6.61 Å². The van der Waals surface area contributed by atoms with Crippen LogP contribution in [0.3, 0.4) is 0 Å². The van der Waals surface area contributed by atoms with Crippen LogP contribution in [-0.2, 0) is 4.74 Å². The third-order valence-corrected chi connectivity index (χ3v) is 1.18. The van der Waals surface area contributed by atoms with Crippen LogP contribution in [0.1, 0.15) is 0 Å². The Labute approximate surface area is 39.4 Å². The van der Waals surface area contributed by atoms with Gasteiger partial charge in [0.05, 0.1) is 6.61 Å². The van der Waals surface area contributed by atoms with Crippen LogP contribution in [0.15, 0.2) is 0 Å². The van der Waals surface area contributed by atoms with Gasteiger partial charge in [-0.2, -0.15) is 0 Å². The molecule has 2 heteroatoms. The SMILES string of the molecule is BrC1[CH]CO1. The summed E-state index contributed by atoms with van der Waals surface area (Å²) in [7, 11) is 0. The first kappa shape index (κ1) is 3.62. The first-order chi connectivity index (χ1) is 2.39. The predicted molar refractivity (Wildman–Crippen MR) is 23.0 cm³/mol. The summed E-state index contributed by atoms with van der Waals surface area (Å²) in [5, 5.41) is 0.252. The molecule has 1 fully saturated rings. The summed E-state index contributed by atoms with van der Waals surface area (Å²) in [5.74, 6) is 0. The number of ether oxygens (including phenoxy) is 1. The zero-order valence-corrected chi connectivity index (χ0v) is 4.23. The van der Waals surface area contributed by atoms with Gasteiger partial charge < -0.3 is 4.74 Å². The standard InChI is InChI=1S/C3H4BrO/c4-3-1-2-5-3/h1,3H,2H2. The van der Waals surface area contributed by atoms with E-state index in [0.29, 0.717) is 0 Å². The molecule has 29 valence electrons. The maximum atomic E-state index is 4.79. The van der Waals surface area contributed by atoms with Gasteiger partial charge >= 0.3 is 0 Å². The van der Waals surface area contributed by atoms with Crippen molar-refractivity contribution < 1.29 is 4.74 Å². The Morgan fingerprint density at radius 2 is 2.40 bits per heavy atom. The van der Waals surface area contributed by atoms with Crippen molar-refractivity contribution in [3.05, 3.63) is 6.42 Å². The molecule has 1 atom stereocenters. The van der Waals surface area contributed by atoms with Crippen molar-refractivity contribution in [2.75, 3.05) is 6.61 Å². The lowest BCUT2D eigenvalue weighted by Crippen LogP contribution is -2.20. The van der Waals surface area contributed by atoms with Gasteiger partial charge in [-0.15, -0.1) is 0 Å². The molecule has 1 saturated heterocycles. The lowest BCUT2D eigenvalue weighted by atomic mass is 10.4. The molecule has 0 spiro atoms. The van der Waals surface area contributed by atoms with E-state index in [9.17, 15) is 0 Å². The number of alkyl halides is 1. The molecule has 1 aliphatic heterocycles. The first-order valence-corrected chi connectivity index (χ1v) is 2.40. The average Bonchev–Trinajstić information content (AvgIpc) is 1.30. The van der Waals surface area contributed by atoms with Crippen LogP contribution in [0, 0.1) is 6.42 Å². The van der Waals surface area contributed by atoms with E-state index < -0.39 is 0 Å². The third-order valence-electron chi connectivity index (χ3n) is 0.537. The van der Waals surface area contributed by atoms with E-state index in [1.54, 1.807) is 0 Å². The van der Waals surface area contributed by atoms with Crippen molar-refractivity contribution >= 4 is 15.9 Å². The molecule has 0 aromatic heterocycles. The molecule has 0 aromatic rings. The molecule has 0 aromatic carbocycles. The third kappa shape index (κ3) is 0.637. The highest BCUT2D eigenvalue weighted by atomic mass is 79.9. The van der Waals surface area contributed by atoms with Gasteiger partial charge in [-0.1, -0.05) is 15.9 Å². The van der Waals surface area contributed by atoms with Gasteiger partial charge in [-0.05, 0) is 0 Å². The Hall–Kier alpha value is 0.440. The molecule has 1 unspecified atom stereocenters. The maximum absolute atomic E-state index is 4.79. The van der Waals surface area contributed by atoms with Crippen molar-refractivity contribution in [1.29, 1.82) is 0 Å². The van der Waals surface area contributed by atoms with Gasteiger partial charge in [0, 0.05) is 6.42 Å². The van der Waals surface area contributed by atoms with Crippen molar-refractivity contribution in [2.45, 2.75) is 5.01 Å².